The minimum absolute atomic E-state index is 0.0464. The van der Waals surface area contributed by atoms with E-state index in [0.29, 0.717) is 17.9 Å². The maximum Gasteiger partial charge on any atom is 0.335 e. The number of carbonyl (C=O) groups is 2. The van der Waals surface area contributed by atoms with Crippen LogP contribution in [0, 0.1) is 12.7 Å². The number of pyridine rings is 1. The molecule has 0 bridgehead atoms. The van der Waals surface area contributed by atoms with E-state index < -0.39 is 5.97 Å². The second-order valence-electron chi connectivity index (χ2n) is 7.69. The van der Waals surface area contributed by atoms with E-state index in [1.807, 2.05) is 25.1 Å². The van der Waals surface area contributed by atoms with Gasteiger partial charge in [0.1, 0.15) is 11.2 Å². The lowest BCUT2D eigenvalue weighted by atomic mass is 9.94. The van der Waals surface area contributed by atoms with Crippen LogP contribution in [0.4, 0.5) is 10.1 Å². The molecule has 1 atom stereocenters. The van der Waals surface area contributed by atoms with Gasteiger partial charge in [-0.3, -0.25) is 14.7 Å². The first kappa shape index (κ1) is 22.0. The number of carboxylic acid groups (broad SMARTS) is 1. The predicted octanol–water partition coefficient (Wildman–Crippen LogP) is 5.18. The summed E-state index contributed by atoms with van der Waals surface area (Å²) in [5.74, 6) is -1.04. The quantitative estimate of drug-likeness (QED) is 0.537. The van der Waals surface area contributed by atoms with Crippen molar-refractivity contribution in [2.45, 2.75) is 31.6 Å². The highest BCUT2D eigenvalue weighted by molar-refractivity contribution is 8.00. The van der Waals surface area contributed by atoms with Gasteiger partial charge in [0.05, 0.1) is 11.3 Å². The molecule has 0 saturated carbocycles. The zero-order valence-electron chi connectivity index (χ0n) is 17.6. The molecule has 1 fully saturated rings. The van der Waals surface area contributed by atoms with E-state index in [9.17, 15) is 19.1 Å². The summed E-state index contributed by atoms with van der Waals surface area (Å²) in [5, 5.41) is 9.46. The lowest BCUT2D eigenvalue weighted by Gasteiger charge is -2.27. The second-order valence-corrected chi connectivity index (χ2v) is 8.76. The fraction of sp³-hybridized carbons (Fsp3) is 0.240. The molecule has 2 aromatic carbocycles. The van der Waals surface area contributed by atoms with Crippen LogP contribution in [0.3, 0.4) is 0 Å². The van der Waals surface area contributed by atoms with Crippen molar-refractivity contribution in [2.75, 3.05) is 10.7 Å². The molecule has 32 heavy (non-hydrogen) atoms. The first-order valence-electron chi connectivity index (χ1n) is 10.4. The average Bonchev–Trinajstić information content (AvgIpc) is 3.17. The van der Waals surface area contributed by atoms with E-state index in [1.54, 1.807) is 35.4 Å². The van der Waals surface area contributed by atoms with Crippen LogP contribution in [-0.2, 0) is 17.6 Å². The third-order valence-electron chi connectivity index (χ3n) is 5.67. The molecule has 4 rings (SSSR count). The number of hydrogen-bond donors (Lipinski definition) is 1. The van der Waals surface area contributed by atoms with Crippen molar-refractivity contribution in [3.8, 4) is 0 Å². The Hall–Kier alpha value is -3.19. The Morgan fingerprint density at radius 1 is 1.16 bits per heavy atom. The van der Waals surface area contributed by atoms with E-state index in [0.717, 1.165) is 35.2 Å². The van der Waals surface area contributed by atoms with Gasteiger partial charge in [0.25, 0.3) is 0 Å². The molecule has 0 aliphatic carbocycles. The van der Waals surface area contributed by atoms with E-state index in [2.05, 4.69) is 4.98 Å². The van der Waals surface area contributed by atoms with E-state index in [4.69, 9.17) is 0 Å². The summed E-state index contributed by atoms with van der Waals surface area (Å²) in [7, 11) is 0. The van der Waals surface area contributed by atoms with Gasteiger partial charge >= 0.3 is 5.97 Å². The summed E-state index contributed by atoms with van der Waals surface area (Å²) in [4.78, 5) is 30.7. The molecule has 1 aliphatic heterocycles. The van der Waals surface area contributed by atoms with Crippen LogP contribution in [0.1, 0.15) is 44.5 Å². The molecule has 0 spiro atoms. The van der Waals surface area contributed by atoms with Gasteiger partial charge in [0.15, 0.2) is 0 Å². The maximum absolute atomic E-state index is 13.4. The summed E-state index contributed by atoms with van der Waals surface area (Å²) >= 11 is 1.48. The lowest BCUT2D eigenvalue weighted by Crippen LogP contribution is -2.29. The van der Waals surface area contributed by atoms with Crippen LogP contribution in [0.15, 0.2) is 60.8 Å². The summed E-state index contributed by atoms with van der Waals surface area (Å²) in [6.45, 7) is 1.87. The molecule has 164 valence electrons. The number of rotatable bonds is 7. The molecule has 2 heterocycles. The van der Waals surface area contributed by atoms with E-state index in [-0.39, 0.29) is 22.7 Å². The molecule has 3 aromatic rings. The van der Waals surface area contributed by atoms with Gasteiger partial charge in [-0.15, -0.1) is 11.8 Å². The molecule has 1 saturated heterocycles. The smallest absolute Gasteiger partial charge is 0.335 e. The minimum Gasteiger partial charge on any atom is -0.478 e. The van der Waals surface area contributed by atoms with Crippen LogP contribution >= 0.6 is 11.8 Å². The fourth-order valence-corrected chi connectivity index (χ4v) is 5.25. The standard InChI is InChI=1S/C25H23FN2O3S/c1-16-20(7-4-6-19-5-2-3-14-27-19)21(25(30)31)12-13-22(16)28-23(29)15-32-24(28)17-8-10-18(26)11-9-17/h2-3,5,8-14,24H,4,6-7,15H2,1H3,(H,30,31). The Balaban J connectivity index is 1.66. The van der Waals surface area contributed by atoms with Crippen LogP contribution in [0.5, 0.6) is 0 Å². The van der Waals surface area contributed by atoms with Gasteiger partial charge in [-0.2, -0.15) is 0 Å². The maximum atomic E-state index is 13.4. The highest BCUT2D eigenvalue weighted by atomic mass is 32.2. The molecule has 7 heteroatoms. The highest BCUT2D eigenvalue weighted by Gasteiger charge is 2.35. The van der Waals surface area contributed by atoms with Gasteiger partial charge in [-0.05, 0) is 79.3 Å². The Bertz CT molecular complexity index is 1140. The summed E-state index contributed by atoms with van der Waals surface area (Å²) in [6.07, 6.45) is 3.79. The number of aromatic carboxylic acids is 1. The third-order valence-corrected chi connectivity index (χ3v) is 6.88. The van der Waals surface area contributed by atoms with Crippen molar-refractivity contribution in [3.63, 3.8) is 0 Å². The number of thioether (sulfide) groups is 1. The topological polar surface area (TPSA) is 70.5 Å². The number of anilines is 1. The molecule has 1 N–H and O–H groups in total. The average molecular weight is 451 g/mol. The van der Waals surface area contributed by atoms with Gasteiger partial charge in [-0.25, -0.2) is 9.18 Å². The second kappa shape index (κ2) is 9.53. The number of carboxylic acids is 1. The van der Waals surface area contributed by atoms with Gasteiger partial charge in [-0.1, -0.05) is 18.2 Å². The Kier molecular flexibility index (Phi) is 6.55. The van der Waals surface area contributed by atoms with Gasteiger partial charge in [0, 0.05) is 17.6 Å². The van der Waals surface area contributed by atoms with Crippen molar-refractivity contribution in [3.05, 3.63) is 94.6 Å². The Morgan fingerprint density at radius 3 is 2.62 bits per heavy atom. The number of benzene rings is 2. The van der Waals surface area contributed by atoms with Crippen LogP contribution in [-0.4, -0.2) is 27.7 Å². The normalized spacial score (nSPS) is 15.9. The minimum atomic E-state index is -0.982. The first-order valence-corrected chi connectivity index (χ1v) is 11.5. The Morgan fingerprint density at radius 2 is 1.94 bits per heavy atom. The van der Waals surface area contributed by atoms with Crippen molar-refractivity contribution in [1.29, 1.82) is 0 Å². The van der Waals surface area contributed by atoms with Crippen LogP contribution in [0.25, 0.3) is 0 Å². The van der Waals surface area contributed by atoms with E-state index >= 15 is 0 Å². The summed E-state index contributed by atoms with van der Waals surface area (Å²) in [5.41, 5.74) is 4.26. The number of aromatic nitrogens is 1. The number of halogens is 1. The molecule has 0 radical (unpaired) electrons. The monoisotopic (exact) mass is 450 g/mol. The first-order chi connectivity index (χ1) is 15.5. The molecular formula is C25H23FN2O3S. The zero-order valence-corrected chi connectivity index (χ0v) is 18.4. The van der Waals surface area contributed by atoms with Crippen LogP contribution < -0.4 is 4.90 Å². The fourth-order valence-electron chi connectivity index (χ4n) is 4.08. The number of hydrogen-bond acceptors (Lipinski definition) is 4. The van der Waals surface area contributed by atoms with E-state index in [1.165, 1.54) is 23.9 Å². The Labute approximate surface area is 190 Å². The molecule has 1 unspecified atom stereocenters. The number of amides is 1. The summed E-state index contributed by atoms with van der Waals surface area (Å²) < 4.78 is 13.4. The van der Waals surface area contributed by atoms with Crippen molar-refractivity contribution in [2.24, 2.45) is 0 Å². The van der Waals surface area contributed by atoms with Crippen molar-refractivity contribution >= 4 is 29.3 Å². The largest absolute Gasteiger partial charge is 0.478 e. The lowest BCUT2D eigenvalue weighted by molar-refractivity contribution is -0.115. The van der Waals surface area contributed by atoms with Gasteiger partial charge < -0.3 is 5.11 Å². The molecule has 1 aliphatic rings. The predicted molar refractivity (Wildman–Crippen MR) is 123 cm³/mol. The molecule has 5 nitrogen and oxygen atoms in total. The number of nitrogens with zero attached hydrogens (tertiary/aromatic N) is 2. The number of carbonyl (C=O) groups excluding carboxylic acids is 1. The molecular weight excluding hydrogens is 427 g/mol. The highest BCUT2D eigenvalue weighted by Crippen LogP contribution is 2.43. The zero-order chi connectivity index (χ0) is 22.7. The number of aryl methyl sites for hydroxylation is 1. The van der Waals surface area contributed by atoms with Crippen molar-refractivity contribution < 1.29 is 19.1 Å². The van der Waals surface area contributed by atoms with Crippen molar-refractivity contribution in [1.82, 2.24) is 4.98 Å². The summed E-state index contributed by atoms with van der Waals surface area (Å²) in [6, 6.07) is 15.2. The molecule has 1 aromatic heterocycles. The SMILES string of the molecule is Cc1c(N2C(=O)CSC2c2ccc(F)cc2)ccc(C(=O)O)c1CCCc1ccccn1. The van der Waals surface area contributed by atoms with Crippen LogP contribution in [0.2, 0.25) is 0 Å². The molecule has 1 amide bonds. The third kappa shape index (κ3) is 4.53. The van der Waals surface area contributed by atoms with Gasteiger partial charge in [0.2, 0.25) is 5.91 Å².